The standard InChI is InChI=1S/C9H10BrNO2/c10-6-4-5-7(11-9(6)13)2-1-3-8(5)12/h6H,1-4H2,(H,11,13). The highest BCUT2D eigenvalue weighted by molar-refractivity contribution is 9.10. The summed E-state index contributed by atoms with van der Waals surface area (Å²) in [7, 11) is 0. The van der Waals surface area contributed by atoms with Crippen LogP contribution in [0.4, 0.5) is 0 Å². The molecule has 0 aromatic carbocycles. The van der Waals surface area contributed by atoms with E-state index in [0.717, 1.165) is 24.1 Å². The third-order valence-electron chi connectivity index (χ3n) is 2.47. The Bertz CT molecular complexity index is 309. The number of rotatable bonds is 0. The van der Waals surface area contributed by atoms with Crippen LogP contribution in [0.3, 0.4) is 0 Å². The van der Waals surface area contributed by atoms with Crippen molar-refractivity contribution >= 4 is 27.6 Å². The lowest BCUT2D eigenvalue weighted by atomic mass is 9.89. The lowest BCUT2D eigenvalue weighted by Gasteiger charge is -2.26. The number of amides is 1. The molecule has 1 amide bonds. The van der Waals surface area contributed by atoms with E-state index in [1.165, 1.54) is 0 Å². The van der Waals surface area contributed by atoms with Crippen molar-refractivity contribution in [3.8, 4) is 0 Å². The fourth-order valence-corrected chi connectivity index (χ4v) is 2.21. The Balaban J connectivity index is 2.31. The molecule has 1 aliphatic heterocycles. The predicted molar refractivity (Wildman–Crippen MR) is 51.4 cm³/mol. The molecule has 0 saturated carbocycles. The fourth-order valence-electron chi connectivity index (χ4n) is 1.77. The molecule has 1 N–H and O–H groups in total. The molecule has 2 aliphatic rings. The first-order valence-corrected chi connectivity index (χ1v) is 5.30. The van der Waals surface area contributed by atoms with Crippen LogP contribution in [0.5, 0.6) is 0 Å². The van der Waals surface area contributed by atoms with Gasteiger partial charge in [0.1, 0.15) is 0 Å². The number of allylic oxidation sites excluding steroid dienone is 2. The highest BCUT2D eigenvalue weighted by Crippen LogP contribution is 2.29. The highest BCUT2D eigenvalue weighted by atomic mass is 79.9. The van der Waals surface area contributed by atoms with E-state index in [0.29, 0.717) is 12.8 Å². The van der Waals surface area contributed by atoms with Crippen LogP contribution in [0.2, 0.25) is 0 Å². The van der Waals surface area contributed by atoms with Gasteiger partial charge in [-0.05, 0) is 19.3 Å². The number of hydrogen-bond acceptors (Lipinski definition) is 2. The average Bonchev–Trinajstić information content (AvgIpc) is 2.09. The molecule has 1 heterocycles. The Morgan fingerprint density at radius 1 is 1.31 bits per heavy atom. The third kappa shape index (κ3) is 1.55. The van der Waals surface area contributed by atoms with Gasteiger partial charge in [0.15, 0.2) is 5.78 Å². The van der Waals surface area contributed by atoms with E-state index < -0.39 is 0 Å². The molecule has 0 spiro atoms. The normalized spacial score (nSPS) is 28.5. The van der Waals surface area contributed by atoms with E-state index in [9.17, 15) is 9.59 Å². The lowest BCUT2D eigenvalue weighted by Crippen LogP contribution is -2.39. The zero-order chi connectivity index (χ0) is 9.42. The van der Waals surface area contributed by atoms with Gasteiger partial charge in [-0.15, -0.1) is 0 Å². The topological polar surface area (TPSA) is 46.2 Å². The Morgan fingerprint density at radius 2 is 2.08 bits per heavy atom. The molecule has 0 radical (unpaired) electrons. The second-order valence-electron chi connectivity index (χ2n) is 3.39. The average molecular weight is 244 g/mol. The SMILES string of the molecule is O=C1CCCC2=C1CC(Br)C(=O)N2. The van der Waals surface area contributed by atoms with Gasteiger partial charge in [-0.2, -0.15) is 0 Å². The summed E-state index contributed by atoms with van der Waals surface area (Å²) in [6.07, 6.45) is 2.89. The molecule has 0 fully saturated rings. The van der Waals surface area contributed by atoms with Gasteiger partial charge in [-0.25, -0.2) is 0 Å². The maximum atomic E-state index is 11.5. The quantitative estimate of drug-likeness (QED) is 0.652. The summed E-state index contributed by atoms with van der Waals surface area (Å²) in [5.41, 5.74) is 1.68. The minimum atomic E-state index is -0.228. The van der Waals surface area contributed by atoms with Gasteiger partial charge >= 0.3 is 0 Å². The predicted octanol–water partition coefficient (Wildman–Crippen LogP) is 1.28. The minimum Gasteiger partial charge on any atom is -0.328 e. The number of carbonyl (C=O) groups excluding carboxylic acids is 2. The van der Waals surface area contributed by atoms with Crippen molar-refractivity contribution in [1.29, 1.82) is 0 Å². The smallest absolute Gasteiger partial charge is 0.238 e. The molecule has 3 nitrogen and oxygen atoms in total. The first-order valence-electron chi connectivity index (χ1n) is 4.38. The van der Waals surface area contributed by atoms with Crippen LogP contribution in [0.25, 0.3) is 0 Å². The maximum Gasteiger partial charge on any atom is 0.238 e. The van der Waals surface area contributed by atoms with Gasteiger partial charge in [-0.3, -0.25) is 9.59 Å². The summed E-state index contributed by atoms with van der Waals surface area (Å²) >= 11 is 3.24. The summed E-state index contributed by atoms with van der Waals surface area (Å²) in [5, 5.41) is 2.77. The van der Waals surface area contributed by atoms with Crippen LogP contribution in [0.1, 0.15) is 25.7 Å². The Morgan fingerprint density at radius 3 is 2.85 bits per heavy atom. The molecule has 1 aliphatic carbocycles. The number of halogens is 1. The molecule has 0 bridgehead atoms. The van der Waals surface area contributed by atoms with Crippen LogP contribution >= 0.6 is 15.9 Å². The Labute approximate surface area is 84.7 Å². The van der Waals surface area contributed by atoms with Crippen molar-refractivity contribution < 1.29 is 9.59 Å². The molecule has 0 aromatic rings. The Hall–Kier alpha value is -0.640. The van der Waals surface area contributed by atoms with E-state index in [2.05, 4.69) is 21.2 Å². The zero-order valence-electron chi connectivity index (χ0n) is 7.10. The van der Waals surface area contributed by atoms with Gasteiger partial charge in [0.05, 0.1) is 4.83 Å². The molecule has 70 valence electrons. The van der Waals surface area contributed by atoms with Crippen LogP contribution in [-0.4, -0.2) is 16.5 Å². The van der Waals surface area contributed by atoms with Crippen LogP contribution in [0, 0.1) is 0 Å². The van der Waals surface area contributed by atoms with Crippen molar-refractivity contribution in [3.63, 3.8) is 0 Å². The van der Waals surface area contributed by atoms with Crippen molar-refractivity contribution in [2.45, 2.75) is 30.5 Å². The van der Waals surface area contributed by atoms with Gasteiger partial charge in [0.25, 0.3) is 0 Å². The van der Waals surface area contributed by atoms with E-state index in [4.69, 9.17) is 0 Å². The summed E-state index contributed by atoms with van der Waals surface area (Å²) in [6, 6.07) is 0. The van der Waals surface area contributed by atoms with E-state index >= 15 is 0 Å². The van der Waals surface area contributed by atoms with Gasteiger partial charge < -0.3 is 5.32 Å². The number of ketones is 1. The van der Waals surface area contributed by atoms with E-state index in [-0.39, 0.29) is 16.5 Å². The van der Waals surface area contributed by atoms with Crippen molar-refractivity contribution in [3.05, 3.63) is 11.3 Å². The van der Waals surface area contributed by atoms with Gasteiger partial charge in [-0.1, -0.05) is 15.9 Å². The van der Waals surface area contributed by atoms with Crippen molar-refractivity contribution in [2.24, 2.45) is 0 Å². The van der Waals surface area contributed by atoms with Crippen molar-refractivity contribution in [2.75, 3.05) is 0 Å². The summed E-state index contributed by atoms with van der Waals surface area (Å²) in [4.78, 5) is 22.5. The molecule has 0 saturated heterocycles. The molecule has 1 unspecified atom stereocenters. The summed E-state index contributed by atoms with van der Waals surface area (Å²) < 4.78 is 0. The molecule has 2 rings (SSSR count). The zero-order valence-corrected chi connectivity index (χ0v) is 8.69. The number of nitrogens with one attached hydrogen (secondary N) is 1. The first-order chi connectivity index (χ1) is 6.18. The van der Waals surface area contributed by atoms with Crippen LogP contribution < -0.4 is 5.32 Å². The molecular weight excluding hydrogens is 234 g/mol. The van der Waals surface area contributed by atoms with Gasteiger partial charge in [0, 0.05) is 17.7 Å². The number of alkyl halides is 1. The fraction of sp³-hybridized carbons (Fsp3) is 0.556. The Kier molecular flexibility index (Phi) is 2.24. The van der Waals surface area contributed by atoms with Crippen LogP contribution in [-0.2, 0) is 9.59 Å². The summed E-state index contributed by atoms with van der Waals surface area (Å²) in [6.45, 7) is 0. The lowest BCUT2D eigenvalue weighted by molar-refractivity contribution is -0.120. The second kappa shape index (κ2) is 3.25. The third-order valence-corrected chi connectivity index (χ3v) is 3.21. The highest BCUT2D eigenvalue weighted by Gasteiger charge is 2.30. The first kappa shape index (κ1) is 8.94. The monoisotopic (exact) mass is 243 g/mol. The van der Waals surface area contributed by atoms with E-state index in [1.807, 2.05) is 0 Å². The molecule has 1 atom stereocenters. The van der Waals surface area contributed by atoms with E-state index in [1.54, 1.807) is 0 Å². The maximum absolute atomic E-state index is 11.5. The van der Waals surface area contributed by atoms with Crippen LogP contribution in [0.15, 0.2) is 11.3 Å². The van der Waals surface area contributed by atoms with Gasteiger partial charge in [0.2, 0.25) is 5.91 Å². The molecule has 0 aromatic heterocycles. The largest absolute Gasteiger partial charge is 0.328 e. The molecular formula is C9H10BrNO2. The van der Waals surface area contributed by atoms with Crippen molar-refractivity contribution in [1.82, 2.24) is 5.32 Å². The molecule has 4 heteroatoms. The minimum absolute atomic E-state index is 0.0200. The summed E-state index contributed by atoms with van der Waals surface area (Å²) in [5.74, 6) is 0.180. The number of carbonyl (C=O) groups is 2. The number of hydrogen-bond donors (Lipinski definition) is 1. The number of Topliss-reactive ketones (excluding diaryl/α,β-unsaturated/α-hetero) is 1. The second-order valence-corrected chi connectivity index (χ2v) is 4.50. The molecule has 13 heavy (non-hydrogen) atoms.